The molecule has 1 atom stereocenters. The van der Waals surface area contributed by atoms with E-state index < -0.39 is 17.9 Å². The number of hydrogen-bond donors (Lipinski definition) is 3. The molecule has 0 spiro atoms. The zero-order valence-electron chi connectivity index (χ0n) is 10.5. The molecule has 0 aliphatic carbocycles. The van der Waals surface area contributed by atoms with Gasteiger partial charge in [-0.1, -0.05) is 0 Å². The number of benzene rings is 1. The van der Waals surface area contributed by atoms with Crippen LogP contribution >= 0.6 is 0 Å². The number of phenolic OH excluding ortho intramolecular Hbond substituents is 1. The van der Waals surface area contributed by atoms with Gasteiger partial charge in [-0.15, -0.1) is 0 Å². The van der Waals surface area contributed by atoms with Crippen molar-refractivity contribution in [2.75, 3.05) is 20.8 Å². The molecule has 1 aromatic carbocycles. The number of ether oxygens (including phenoxy) is 2. The molecule has 1 amide bonds. The number of methoxy groups -OCH3 is 2. The molecule has 0 aliphatic rings. The highest BCUT2D eigenvalue weighted by Crippen LogP contribution is 2.23. The summed E-state index contributed by atoms with van der Waals surface area (Å²) in [5.74, 6) is -1.83. The van der Waals surface area contributed by atoms with E-state index in [0.29, 0.717) is 5.75 Å². The van der Waals surface area contributed by atoms with Gasteiger partial charge in [-0.25, -0.2) is 4.79 Å². The fraction of sp³-hybridized carbons (Fsp3) is 0.333. The molecule has 1 aromatic rings. The molecule has 104 valence electrons. The Kier molecular flexibility index (Phi) is 5.13. The molecule has 1 rings (SSSR count). The van der Waals surface area contributed by atoms with Crippen LogP contribution in [0.25, 0.3) is 0 Å². The van der Waals surface area contributed by atoms with Crippen molar-refractivity contribution in [2.45, 2.75) is 6.04 Å². The van der Waals surface area contributed by atoms with Crippen molar-refractivity contribution in [3.8, 4) is 11.5 Å². The first-order valence-corrected chi connectivity index (χ1v) is 5.39. The third kappa shape index (κ3) is 3.85. The first-order chi connectivity index (χ1) is 8.99. The molecule has 0 bridgehead atoms. The van der Waals surface area contributed by atoms with Crippen LogP contribution in [-0.2, 0) is 9.53 Å². The van der Waals surface area contributed by atoms with Crippen LogP contribution in [0.15, 0.2) is 18.2 Å². The SMILES string of the molecule is COCC(NC(=O)c1ccc(OC)cc1O)C(=O)O. The van der Waals surface area contributed by atoms with Gasteiger partial charge >= 0.3 is 5.97 Å². The van der Waals surface area contributed by atoms with Crippen molar-refractivity contribution >= 4 is 11.9 Å². The monoisotopic (exact) mass is 269 g/mol. The number of aliphatic carboxylic acids is 1. The van der Waals surface area contributed by atoms with E-state index in [2.05, 4.69) is 5.32 Å². The lowest BCUT2D eigenvalue weighted by atomic mass is 10.1. The van der Waals surface area contributed by atoms with Crippen LogP contribution in [-0.4, -0.2) is 49.0 Å². The van der Waals surface area contributed by atoms with Gasteiger partial charge < -0.3 is 25.0 Å². The molecule has 0 heterocycles. The summed E-state index contributed by atoms with van der Waals surface area (Å²) in [6, 6.07) is 2.91. The molecule has 0 aromatic heterocycles. The molecular formula is C12H15NO6. The van der Waals surface area contributed by atoms with Crippen molar-refractivity contribution in [1.82, 2.24) is 5.32 Å². The molecule has 0 fully saturated rings. The fourth-order valence-corrected chi connectivity index (χ4v) is 1.41. The summed E-state index contributed by atoms with van der Waals surface area (Å²) < 4.78 is 9.57. The zero-order valence-corrected chi connectivity index (χ0v) is 10.5. The Morgan fingerprint density at radius 3 is 2.53 bits per heavy atom. The van der Waals surface area contributed by atoms with Gasteiger partial charge in [-0.2, -0.15) is 0 Å². The highest BCUT2D eigenvalue weighted by molar-refractivity contribution is 5.99. The number of aromatic hydroxyl groups is 1. The standard InChI is InChI=1S/C12H15NO6/c1-18-6-9(12(16)17)13-11(15)8-4-3-7(19-2)5-10(8)14/h3-5,9,14H,6H2,1-2H3,(H,13,15)(H,16,17). The van der Waals surface area contributed by atoms with Gasteiger partial charge in [0.1, 0.15) is 11.5 Å². The largest absolute Gasteiger partial charge is 0.507 e. The lowest BCUT2D eigenvalue weighted by Gasteiger charge is -2.14. The number of nitrogens with one attached hydrogen (secondary N) is 1. The zero-order chi connectivity index (χ0) is 14.4. The molecule has 0 aliphatic heterocycles. The third-order valence-electron chi connectivity index (χ3n) is 2.39. The predicted octanol–water partition coefficient (Wildman–Crippen LogP) is 0.230. The van der Waals surface area contributed by atoms with E-state index >= 15 is 0 Å². The second kappa shape index (κ2) is 6.60. The van der Waals surface area contributed by atoms with Gasteiger partial charge in [0.2, 0.25) is 0 Å². The molecule has 1 unspecified atom stereocenters. The van der Waals surface area contributed by atoms with Crippen molar-refractivity contribution in [3.63, 3.8) is 0 Å². The van der Waals surface area contributed by atoms with E-state index in [1.54, 1.807) is 0 Å². The first-order valence-electron chi connectivity index (χ1n) is 5.39. The summed E-state index contributed by atoms with van der Waals surface area (Å²) in [6.45, 7) is -0.169. The van der Waals surface area contributed by atoms with Gasteiger partial charge in [0.15, 0.2) is 6.04 Å². The first kappa shape index (κ1) is 14.8. The molecule has 0 saturated carbocycles. The summed E-state index contributed by atoms with van der Waals surface area (Å²) in [4.78, 5) is 22.7. The maximum absolute atomic E-state index is 11.8. The Balaban J connectivity index is 2.85. The maximum Gasteiger partial charge on any atom is 0.328 e. The molecule has 3 N–H and O–H groups in total. The number of rotatable bonds is 6. The summed E-state index contributed by atoms with van der Waals surface area (Å²) in [6.07, 6.45) is 0. The Morgan fingerprint density at radius 1 is 1.37 bits per heavy atom. The Bertz CT molecular complexity index is 473. The number of amides is 1. The van der Waals surface area contributed by atoms with Gasteiger partial charge in [-0.05, 0) is 12.1 Å². The highest BCUT2D eigenvalue weighted by Gasteiger charge is 2.22. The number of carbonyl (C=O) groups excluding carboxylic acids is 1. The van der Waals surface area contributed by atoms with E-state index in [9.17, 15) is 14.7 Å². The summed E-state index contributed by atoms with van der Waals surface area (Å²) in [5.41, 5.74) is -0.0387. The average molecular weight is 269 g/mol. The molecule has 0 radical (unpaired) electrons. The molecule has 7 heteroatoms. The van der Waals surface area contributed by atoms with E-state index in [-0.39, 0.29) is 17.9 Å². The van der Waals surface area contributed by atoms with E-state index in [1.165, 1.54) is 32.4 Å². The van der Waals surface area contributed by atoms with Crippen LogP contribution in [0.5, 0.6) is 11.5 Å². The number of carboxylic acid groups (broad SMARTS) is 1. The Hall–Kier alpha value is -2.28. The fourth-order valence-electron chi connectivity index (χ4n) is 1.41. The molecule has 7 nitrogen and oxygen atoms in total. The lowest BCUT2D eigenvalue weighted by molar-refractivity contribution is -0.140. The average Bonchev–Trinajstić information content (AvgIpc) is 2.37. The molecular weight excluding hydrogens is 254 g/mol. The predicted molar refractivity (Wildman–Crippen MR) is 65.4 cm³/mol. The minimum absolute atomic E-state index is 0.0387. The highest BCUT2D eigenvalue weighted by atomic mass is 16.5. The van der Waals surface area contributed by atoms with Crippen molar-refractivity contribution in [2.24, 2.45) is 0 Å². The summed E-state index contributed by atoms with van der Waals surface area (Å²) in [5, 5.41) is 20.8. The number of carbonyl (C=O) groups is 2. The number of phenols is 1. The van der Waals surface area contributed by atoms with Crippen molar-refractivity contribution in [3.05, 3.63) is 23.8 Å². The van der Waals surface area contributed by atoms with Gasteiger partial charge in [-0.3, -0.25) is 4.79 Å². The van der Waals surface area contributed by atoms with Crippen LogP contribution in [0.2, 0.25) is 0 Å². The molecule has 0 saturated heterocycles. The van der Waals surface area contributed by atoms with Crippen LogP contribution in [0, 0.1) is 0 Å². The van der Waals surface area contributed by atoms with E-state index in [1.807, 2.05) is 0 Å². The number of hydrogen-bond acceptors (Lipinski definition) is 5. The maximum atomic E-state index is 11.8. The normalized spacial score (nSPS) is 11.7. The van der Waals surface area contributed by atoms with Crippen LogP contribution in [0.1, 0.15) is 10.4 Å². The van der Waals surface area contributed by atoms with Crippen molar-refractivity contribution in [1.29, 1.82) is 0 Å². The van der Waals surface area contributed by atoms with Crippen molar-refractivity contribution < 1.29 is 29.3 Å². The van der Waals surface area contributed by atoms with E-state index in [0.717, 1.165) is 0 Å². The minimum atomic E-state index is -1.22. The summed E-state index contributed by atoms with van der Waals surface area (Å²) in [7, 11) is 2.75. The minimum Gasteiger partial charge on any atom is -0.507 e. The Morgan fingerprint density at radius 2 is 2.05 bits per heavy atom. The van der Waals surface area contributed by atoms with E-state index in [4.69, 9.17) is 14.6 Å². The third-order valence-corrected chi connectivity index (χ3v) is 2.39. The lowest BCUT2D eigenvalue weighted by Crippen LogP contribution is -2.43. The topological polar surface area (TPSA) is 105 Å². The second-order valence-corrected chi connectivity index (χ2v) is 3.70. The second-order valence-electron chi connectivity index (χ2n) is 3.70. The van der Waals surface area contributed by atoms with Gasteiger partial charge in [0, 0.05) is 13.2 Å². The van der Waals surface area contributed by atoms with Gasteiger partial charge in [0.05, 0.1) is 19.3 Å². The summed E-state index contributed by atoms with van der Waals surface area (Å²) >= 11 is 0. The quantitative estimate of drug-likeness (QED) is 0.682. The Labute approximate surface area is 109 Å². The van der Waals surface area contributed by atoms with Crippen LogP contribution in [0.3, 0.4) is 0 Å². The smallest absolute Gasteiger partial charge is 0.328 e. The number of carboxylic acids is 1. The van der Waals surface area contributed by atoms with Crippen LogP contribution in [0.4, 0.5) is 0 Å². The van der Waals surface area contributed by atoms with Gasteiger partial charge in [0.25, 0.3) is 5.91 Å². The van der Waals surface area contributed by atoms with Crippen LogP contribution < -0.4 is 10.1 Å². The molecule has 19 heavy (non-hydrogen) atoms.